The van der Waals surface area contributed by atoms with E-state index in [9.17, 15) is 18.4 Å². The van der Waals surface area contributed by atoms with Crippen LogP contribution in [0.2, 0.25) is 5.02 Å². The van der Waals surface area contributed by atoms with Crippen LogP contribution in [0.5, 0.6) is 0 Å². The third kappa shape index (κ3) is 4.19. The average molecular weight is 459 g/mol. The number of nitrogens with one attached hydrogen (secondary N) is 3. The molecule has 0 unspecified atom stereocenters. The van der Waals surface area contributed by atoms with E-state index < -0.39 is 22.9 Å². The summed E-state index contributed by atoms with van der Waals surface area (Å²) in [5, 5.41) is 11.1. The summed E-state index contributed by atoms with van der Waals surface area (Å²) in [5.41, 5.74) is -0.399. The zero-order valence-corrected chi connectivity index (χ0v) is 17.3. The minimum Gasteiger partial charge on any atom is -0.448 e. The number of cyclic esters (lactones) is 1. The average Bonchev–Trinajstić information content (AvgIpc) is 3.17. The molecule has 3 N–H and O–H groups in total. The van der Waals surface area contributed by atoms with E-state index in [2.05, 4.69) is 10.3 Å². The van der Waals surface area contributed by atoms with Gasteiger partial charge in [0.2, 0.25) is 0 Å². The maximum absolute atomic E-state index is 14.1. The second-order valence-corrected chi connectivity index (χ2v) is 7.45. The summed E-state index contributed by atoms with van der Waals surface area (Å²) in [6.07, 6.45) is 0.795. The molecule has 164 valence electrons. The van der Waals surface area contributed by atoms with Crippen LogP contribution in [-0.4, -0.2) is 34.8 Å². The highest BCUT2D eigenvalue weighted by molar-refractivity contribution is 6.34. The monoisotopic (exact) mass is 458 g/mol. The number of aromatic nitrogens is 1. The molecule has 0 atom stereocenters. The first-order chi connectivity index (χ1) is 15.3. The molecule has 0 aliphatic carbocycles. The SMILES string of the molecule is N=C(c1ccc(CN2CCOC2=O)cc1)c1c(Nc2c(F)cccc2F)c(Cl)c[nH]c1=O. The summed E-state index contributed by atoms with van der Waals surface area (Å²) < 4.78 is 33.2. The molecule has 2 aromatic carbocycles. The number of hydrogen-bond donors (Lipinski definition) is 3. The normalized spacial score (nSPS) is 13.2. The third-order valence-electron chi connectivity index (χ3n) is 4.97. The molecule has 1 aliphatic heterocycles. The van der Waals surface area contributed by atoms with Gasteiger partial charge >= 0.3 is 6.09 Å². The number of para-hydroxylation sites is 1. The molecule has 4 rings (SSSR count). The molecule has 1 fully saturated rings. The summed E-state index contributed by atoms with van der Waals surface area (Å²) in [5.74, 6) is -1.74. The standard InChI is InChI=1S/C22H17ClF2N4O3/c23-14-10-27-21(30)17(19(14)28-20-15(24)2-1-3-16(20)25)18(26)13-6-4-12(5-7-13)11-29-8-9-32-22(29)31/h1-7,10,26H,8-9,11H2,(H2,27,28,30). The van der Waals surface area contributed by atoms with Crippen LogP contribution < -0.4 is 10.9 Å². The molecule has 1 aliphatic rings. The van der Waals surface area contributed by atoms with Crippen molar-refractivity contribution >= 4 is 34.8 Å². The number of nitrogens with zero attached hydrogens (tertiary/aromatic N) is 1. The van der Waals surface area contributed by atoms with Crippen LogP contribution in [0.3, 0.4) is 0 Å². The molecule has 7 nitrogen and oxygen atoms in total. The maximum Gasteiger partial charge on any atom is 0.410 e. The fourth-order valence-electron chi connectivity index (χ4n) is 3.32. The summed E-state index contributed by atoms with van der Waals surface area (Å²) >= 11 is 6.20. The number of ether oxygens (including phenoxy) is 1. The molecule has 0 saturated carbocycles. The Hall–Kier alpha value is -3.72. The Morgan fingerprint density at radius 1 is 1.12 bits per heavy atom. The van der Waals surface area contributed by atoms with Crippen molar-refractivity contribution in [2.45, 2.75) is 6.54 Å². The molecule has 1 amide bonds. The smallest absolute Gasteiger partial charge is 0.410 e. The van der Waals surface area contributed by atoms with Gasteiger partial charge in [0, 0.05) is 18.3 Å². The van der Waals surface area contributed by atoms with Gasteiger partial charge in [-0.05, 0) is 17.7 Å². The van der Waals surface area contributed by atoms with Crippen molar-refractivity contribution in [2.75, 3.05) is 18.5 Å². The van der Waals surface area contributed by atoms with Crippen LogP contribution in [0.4, 0.5) is 25.0 Å². The van der Waals surface area contributed by atoms with E-state index in [4.69, 9.17) is 21.7 Å². The van der Waals surface area contributed by atoms with Gasteiger partial charge in [-0.15, -0.1) is 0 Å². The molecule has 0 spiro atoms. The Morgan fingerprint density at radius 3 is 2.44 bits per heavy atom. The van der Waals surface area contributed by atoms with E-state index in [-0.39, 0.29) is 28.1 Å². The van der Waals surface area contributed by atoms with Crippen LogP contribution in [0, 0.1) is 17.0 Å². The Kier molecular flexibility index (Phi) is 5.91. The fourth-order valence-corrected chi connectivity index (χ4v) is 3.52. The fraction of sp³-hybridized carbons (Fsp3) is 0.136. The van der Waals surface area contributed by atoms with Crippen molar-refractivity contribution < 1.29 is 18.3 Å². The van der Waals surface area contributed by atoms with E-state index in [1.165, 1.54) is 12.3 Å². The predicted octanol–water partition coefficient (Wildman–Crippen LogP) is 4.42. The second-order valence-electron chi connectivity index (χ2n) is 7.05. The largest absolute Gasteiger partial charge is 0.448 e. The zero-order valence-electron chi connectivity index (χ0n) is 16.5. The highest BCUT2D eigenvalue weighted by Gasteiger charge is 2.23. The molecule has 1 aromatic heterocycles. The van der Waals surface area contributed by atoms with Gasteiger partial charge in [-0.25, -0.2) is 13.6 Å². The lowest BCUT2D eigenvalue weighted by Crippen LogP contribution is -2.23. The first-order valence-electron chi connectivity index (χ1n) is 9.57. The van der Waals surface area contributed by atoms with E-state index in [1.807, 2.05) is 0 Å². The van der Waals surface area contributed by atoms with Crippen molar-refractivity contribution in [2.24, 2.45) is 0 Å². The molecule has 0 radical (unpaired) electrons. The van der Waals surface area contributed by atoms with E-state index in [1.54, 1.807) is 29.2 Å². The van der Waals surface area contributed by atoms with E-state index >= 15 is 0 Å². The van der Waals surface area contributed by atoms with Gasteiger partial charge in [-0.1, -0.05) is 41.9 Å². The van der Waals surface area contributed by atoms with Crippen molar-refractivity contribution in [3.8, 4) is 0 Å². The lowest BCUT2D eigenvalue weighted by atomic mass is 10.0. The molecule has 10 heteroatoms. The molecule has 3 aromatic rings. The number of carbonyl (C=O) groups excluding carboxylic acids is 1. The number of H-pyrrole nitrogens is 1. The molecule has 2 heterocycles. The van der Waals surface area contributed by atoms with Gasteiger partial charge in [-0.3, -0.25) is 10.2 Å². The van der Waals surface area contributed by atoms with Gasteiger partial charge in [0.05, 0.1) is 28.5 Å². The minimum absolute atomic E-state index is 0.0174. The highest BCUT2D eigenvalue weighted by atomic mass is 35.5. The van der Waals surface area contributed by atoms with Crippen LogP contribution in [0.15, 0.2) is 53.5 Å². The number of rotatable bonds is 6. The summed E-state index contributed by atoms with van der Waals surface area (Å²) in [7, 11) is 0. The minimum atomic E-state index is -0.872. The lowest BCUT2D eigenvalue weighted by Gasteiger charge is -2.16. The Balaban J connectivity index is 1.66. The number of aromatic amines is 1. The first-order valence-corrected chi connectivity index (χ1v) is 9.95. The molecular weight excluding hydrogens is 442 g/mol. The Labute approximate surface area is 186 Å². The van der Waals surface area contributed by atoms with Crippen LogP contribution in [0.1, 0.15) is 16.7 Å². The predicted molar refractivity (Wildman–Crippen MR) is 116 cm³/mol. The second kappa shape index (κ2) is 8.80. The van der Waals surface area contributed by atoms with E-state index in [0.717, 1.165) is 17.7 Å². The third-order valence-corrected chi connectivity index (χ3v) is 5.27. The van der Waals surface area contributed by atoms with Crippen LogP contribution in [0.25, 0.3) is 0 Å². The summed E-state index contributed by atoms with van der Waals surface area (Å²) in [6.45, 7) is 1.19. The van der Waals surface area contributed by atoms with Crippen molar-refractivity contribution in [3.05, 3.63) is 92.4 Å². The van der Waals surface area contributed by atoms with Gasteiger partial charge in [0.15, 0.2) is 0 Å². The van der Waals surface area contributed by atoms with Gasteiger partial charge < -0.3 is 19.9 Å². The maximum atomic E-state index is 14.1. The first kappa shape index (κ1) is 21.5. The van der Waals surface area contributed by atoms with Crippen LogP contribution in [-0.2, 0) is 11.3 Å². The van der Waals surface area contributed by atoms with Gasteiger partial charge in [0.1, 0.15) is 23.9 Å². The molecule has 32 heavy (non-hydrogen) atoms. The number of anilines is 2. The highest BCUT2D eigenvalue weighted by Crippen LogP contribution is 2.30. The molecular formula is C22H17ClF2N4O3. The van der Waals surface area contributed by atoms with Crippen molar-refractivity contribution in [1.29, 1.82) is 5.41 Å². The quantitative estimate of drug-likeness (QED) is 0.476. The molecule has 0 bridgehead atoms. The number of hydrogen-bond acceptors (Lipinski definition) is 5. The lowest BCUT2D eigenvalue weighted by molar-refractivity contribution is 0.157. The number of pyridine rings is 1. The number of carbonyl (C=O) groups is 1. The zero-order chi connectivity index (χ0) is 22.8. The number of halogens is 3. The molecule has 1 saturated heterocycles. The number of amides is 1. The van der Waals surface area contributed by atoms with Gasteiger partial charge in [-0.2, -0.15) is 0 Å². The van der Waals surface area contributed by atoms with Gasteiger partial charge in [0.25, 0.3) is 5.56 Å². The summed E-state index contributed by atoms with van der Waals surface area (Å²) in [4.78, 5) is 28.1. The van der Waals surface area contributed by atoms with Crippen LogP contribution >= 0.6 is 11.6 Å². The van der Waals surface area contributed by atoms with E-state index in [0.29, 0.717) is 25.3 Å². The van der Waals surface area contributed by atoms with Crippen molar-refractivity contribution in [1.82, 2.24) is 9.88 Å². The topological polar surface area (TPSA) is 98.3 Å². The Morgan fingerprint density at radius 2 is 1.81 bits per heavy atom. The number of benzene rings is 2. The Bertz CT molecular complexity index is 1240. The van der Waals surface area contributed by atoms with Crippen molar-refractivity contribution in [3.63, 3.8) is 0 Å². The summed E-state index contributed by atoms with van der Waals surface area (Å²) in [6, 6.07) is 10.0.